The Hall–Kier alpha value is -0.740. The van der Waals surface area contributed by atoms with Gasteiger partial charge in [-0.25, -0.2) is 0 Å². The fourth-order valence-electron chi connectivity index (χ4n) is 6.91. The van der Waals surface area contributed by atoms with Crippen LogP contribution in [0.25, 0.3) is 0 Å². The lowest BCUT2D eigenvalue weighted by Gasteiger charge is -2.54. The summed E-state index contributed by atoms with van der Waals surface area (Å²) in [6.45, 7) is 0. The van der Waals surface area contributed by atoms with Gasteiger partial charge in [0, 0.05) is 37.9 Å². The number of rotatable bonds is 2. The SMILES string of the molecule is COC1(OC)C2(Cl)C(Cl)=C(Cl)C1(Cl)C1C3c4ccccc4C(c4ccccc43)C12. The van der Waals surface area contributed by atoms with Gasteiger partial charge in [-0.3, -0.25) is 0 Å². The monoisotopic (exact) mass is 466 g/mol. The highest BCUT2D eigenvalue weighted by Crippen LogP contribution is 2.81. The highest BCUT2D eigenvalue weighted by molar-refractivity contribution is 6.52. The predicted molar refractivity (Wildman–Crippen MR) is 116 cm³/mol. The lowest BCUT2D eigenvalue weighted by molar-refractivity contribution is -0.220. The third-order valence-electron chi connectivity index (χ3n) is 7.72. The second kappa shape index (κ2) is 5.73. The molecule has 0 radical (unpaired) electrons. The molecule has 6 heteroatoms. The minimum atomic E-state index is -1.37. The molecule has 0 saturated heterocycles. The first kappa shape index (κ1) is 19.0. The number of benzene rings is 2. The summed E-state index contributed by atoms with van der Waals surface area (Å²) in [6.07, 6.45) is 0. The van der Waals surface area contributed by atoms with Crippen molar-refractivity contribution in [1.82, 2.24) is 0 Å². The Bertz CT molecular complexity index is 966. The zero-order valence-electron chi connectivity index (χ0n) is 15.8. The van der Waals surface area contributed by atoms with E-state index in [1.54, 1.807) is 14.2 Å². The summed E-state index contributed by atoms with van der Waals surface area (Å²) in [6, 6.07) is 17.1. The summed E-state index contributed by atoms with van der Waals surface area (Å²) in [4.78, 5) is -2.38. The molecule has 0 N–H and O–H groups in total. The quantitative estimate of drug-likeness (QED) is 0.388. The Kier molecular flexibility index (Phi) is 3.75. The Balaban J connectivity index is 1.75. The van der Waals surface area contributed by atoms with Gasteiger partial charge in [-0.1, -0.05) is 71.7 Å². The standard InChI is InChI=1S/C23H18Cl4O2/c1-28-23(29-2)21(26)17-15-11-7-3-4-8-12(11)16(14-10-6-5-9-13(14)15)18(17)22(23,27)20(25)19(21)24/h3-10,15-18H,1-2H3. The number of hydrogen-bond donors (Lipinski definition) is 0. The van der Waals surface area contributed by atoms with Crippen molar-refractivity contribution in [2.24, 2.45) is 11.8 Å². The van der Waals surface area contributed by atoms with Crippen molar-refractivity contribution >= 4 is 46.4 Å². The van der Waals surface area contributed by atoms with Gasteiger partial charge in [0.25, 0.3) is 0 Å². The maximum absolute atomic E-state index is 7.45. The molecule has 5 aliphatic rings. The molecule has 4 bridgehead atoms. The van der Waals surface area contributed by atoms with Crippen LogP contribution in [0.4, 0.5) is 0 Å². The van der Waals surface area contributed by atoms with Crippen LogP contribution in [0.15, 0.2) is 58.6 Å². The molecule has 0 spiro atoms. The van der Waals surface area contributed by atoms with Gasteiger partial charge in [-0.05, 0) is 22.3 Å². The van der Waals surface area contributed by atoms with Crippen molar-refractivity contribution in [3.8, 4) is 0 Å². The molecule has 7 rings (SSSR count). The molecule has 4 unspecified atom stereocenters. The average Bonchev–Trinajstić information content (AvgIpc) is 3.02. The van der Waals surface area contributed by atoms with Crippen LogP contribution in [0, 0.1) is 11.8 Å². The van der Waals surface area contributed by atoms with E-state index >= 15 is 0 Å². The maximum Gasteiger partial charge on any atom is 0.217 e. The second-order valence-corrected chi connectivity index (χ2v) is 10.3. The summed E-state index contributed by atoms with van der Waals surface area (Å²) in [7, 11) is 3.13. The maximum atomic E-state index is 7.45. The van der Waals surface area contributed by atoms with Crippen LogP contribution < -0.4 is 0 Å². The summed E-state index contributed by atoms with van der Waals surface area (Å²) >= 11 is 28.5. The Morgan fingerprint density at radius 2 is 0.966 bits per heavy atom. The van der Waals surface area contributed by atoms with Crippen LogP contribution in [0.5, 0.6) is 0 Å². The Morgan fingerprint density at radius 1 is 0.655 bits per heavy atom. The molecule has 2 aromatic carbocycles. The van der Waals surface area contributed by atoms with Crippen LogP contribution in [-0.2, 0) is 9.47 Å². The van der Waals surface area contributed by atoms with Crippen LogP contribution >= 0.6 is 46.4 Å². The molecule has 1 fully saturated rings. The van der Waals surface area contributed by atoms with Crippen LogP contribution in [0.3, 0.4) is 0 Å². The third-order valence-corrected chi connectivity index (χ3v) is 10.4. The minimum Gasteiger partial charge on any atom is -0.350 e. The molecule has 2 nitrogen and oxygen atoms in total. The van der Waals surface area contributed by atoms with Crippen LogP contribution in [0.2, 0.25) is 0 Å². The summed E-state index contributed by atoms with van der Waals surface area (Å²) < 4.78 is 12.0. The van der Waals surface area contributed by atoms with Gasteiger partial charge in [0.1, 0.15) is 9.75 Å². The van der Waals surface area contributed by atoms with Crippen molar-refractivity contribution < 1.29 is 9.47 Å². The van der Waals surface area contributed by atoms with Crippen molar-refractivity contribution in [3.05, 3.63) is 80.8 Å². The number of ether oxygens (including phenoxy) is 2. The van der Waals surface area contributed by atoms with Gasteiger partial charge in [0.2, 0.25) is 5.79 Å². The average molecular weight is 468 g/mol. The molecular formula is C23H18Cl4O2. The Morgan fingerprint density at radius 3 is 1.24 bits per heavy atom. The van der Waals surface area contributed by atoms with Crippen LogP contribution in [0.1, 0.15) is 34.1 Å². The zero-order chi connectivity index (χ0) is 20.3. The van der Waals surface area contributed by atoms with E-state index in [4.69, 9.17) is 55.9 Å². The number of fused-ring (bicyclic) bond motifs is 2. The third kappa shape index (κ3) is 1.70. The molecule has 4 atom stereocenters. The highest BCUT2D eigenvalue weighted by atomic mass is 35.5. The molecule has 0 amide bonds. The van der Waals surface area contributed by atoms with E-state index in [1.807, 2.05) is 0 Å². The highest BCUT2D eigenvalue weighted by Gasteiger charge is 2.87. The van der Waals surface area contributed by atoms with Crippen molar-refractivity contribution in [2.75, 3.05) is 14.2 Å². The molecule has 1 saturated carbocycles. The van der Waals surface area contributed by atoms with E-state index < -0.39 is 15.5 Å². The number of alkyl halides is 2. The summed E-state index contributed by atoms with van der Waals surface area (Å²) in [5.74, 6) is -1.55. The first-order valence-electron chi connectivity index (χ1n) is 9.62. The molecular weight excluding hydrogens is 450 g/mol. The summed E-state index contributed by atoms with van der Waals surface area (Å²) in [5, 5.41) is 0.673. The first-order chi connectivity index (χ1) is 13.9. The van der Waals surface area contributed by atoms with Gasteiger partial charge in [-0.15, -0.1) is 23.2 Å². The molecule has 0 aromatic heterocycles. The van der Waals surface area contributed by atoms with E-state index in [2.05, 4.69) is 48.5 Å². The lowest BCUT2D eigenvalue weighted by Crippen LogP contribution is -2.57. The van der Waals surface area contributed by atoms with Crippen LogP contribution in [-0.4, -0.2) is 29.8 Å². The molecule has 150 valence electrons. The van der Waals surface area contributed by atoms with Gasteiger partial charge in [0.15, 0.2) is 0 Å². The molecule has 5 aliphatic carbocycles. The number of hydrogen-bond acceptors (Lipinski definition) is 2. The predicted octanol–water partition coefficient (Wildman–Crippen LogP) is 6.17. The largest absolute Gasteiger partial charge is 0.350 e. The van der Waals surface area contributed by atoms with Gasteiger partial charge < -0.3 is 9.47 Å². The molecule has 2 aromatic rings. The topological polar surface area (TPSA) is 18.5 Å². The van der Waals surface area contributed by atoms with E-state index in [0.29, 0.717) is 10.1 Å². The fraction of sp³-hybridized carbons (Fsp3) is 0.391. The molecule has 0 heterocycles. The second-order valence-electron chi connectivity index (χ2n) is 8.34. The summed E-state index contributed by atoms with van der Waals surface area (Å²) in [5.41, 5.74) is 5.08. The lowest BCUT2D eigenvalue weighted by atomic mass is 9.51. The van der Waals surface area contributed by atoms with E-state index in [9.17, 15) is 0 Å². The number of methoxy groups -OCH3 is 2. The van der Waals surface area contributed by atoms with E-state index in [1.165, 1.54) is 22.3 Å². The van der Waals surface area contributed by atoms with Crippen molar-refractivity contribution in [3.63, 3.8) is 0 Å². The zero-order valence-corrected chi connectivity index (χ0v) is 18.8. The first-order valence-corrected chi connectivity index (χ1v) is 11.1. The van der Waals surface area contributed by atoms with Gasteiger partial charge in [-0.2, -0.15) is 0 Å². The molecule has 29 heavy (non-hydrogen) atoms. The van der Waals surface area contributed by atoms with E-state index in [-0.39, 0.29) is 23.7 Å². The van der Waals surface area contributed by atoms with Crippen molar-refractivity contribution in [1.29, 1.82) is 0 Å². The molecule has 0 aliphatic heterocycles. The van der Waals surface area contributed by atoms with Crippen molar-refractivity contribution in [2.45, 2.75) is 27.4 Å². The van der Waals surface area contributed by atoms with Gasteiger partial charge >= 0.3 is 0 Å². The fourth-order valence-corrected chi connectivity index (χ4v) is 9.18. The minimum absolute atomic E-state index is 0.0266. The number of halogens is 4. The van der Waals surface area contributed by atoms with Gasteiger partial charge in [0.05, 0.1) is 10.1 Å². The smallest absolute Gasteiger partial charge is 0.217 e. The Labute approximate surface area is 189 Å². The normalized spacial score (nSPS) is 40.1. The van der Waals surface area contributed by atoms with E-state index in [0.717, 1.165) is 0 Å².